The van der Waals surface area contributed by atoms with Gasteiger partial charge in [0, 0.05) is 5.41 Å². The second kappa shape index (κ2) is 4.68. The fraction of sp³-hybridized carbons (Fsp3) is 0.615. The third-order valence-electron chi connectivity index (χ3n) is 2.63. The Morgan fingerprint density at radius 3 is 2.11 bits per heavy atom. The van der Waals surface area contributed by atoms with E-state index < -0.39 is 17.4 Å². The summed E-state index contributed by atoms with van der Waals surface area (Å²) in [5.74, 6) is -1.26. The van der Waals surface area contributed by atoms with Crippen molar-refractivity contribution in [2.75, 3.05) is 0 Å². The second-order valence-corrected chi connectivity index (χ2v) is 6.07. The molecular weight excluding hydrogens is 248 g/mol. The number of amides is 1. The lowest BCUT2D eigenvalue weighted by Gasteiger charge is -2.19. The first kappa shape index (κ1) is 15.2. The lowest BCUT2D eigenvalue weighted by Crippen LogP contribution is -2.49. The predicted octanol–water partition coefficient (Wildman–Crippen LogP) is 1.87. The zero-order valence-corrected chi connectivity index (χ0v) is 12.1. The van der Waals surface area contributed by atoms with Crippen molar-refractivity contribution < 1.29 is 19.1 Å². The van der Waals surface area contributed by atoms with Crippen LogP contribution >= 0.6 is 0 Å². The van der Waals surface area contributed by atoms with Gasteiger partial charge in [0.2, 0.25) is 0 Å². The molecule has 0 aliphatic carbocycles. The van der Waals surface area contributed by atoms with E-state index in [2.05, 4.69) is 10.3 Å². The molecule has 0 aliphatic heterocycles. The number of carbonyl (C=O) groups excluding carboxylic acids is 1. The number of aliphatic carboxylic acids is 1. The van der Waals surface area contributed by atoms with Crippen LogP contribution in [0.25, 0.3) is 0 Å². The van der Waals surface area contributed by atoms with Gasteiger partial charge in [0.05, 0.1) is 5.69 Å². The van der Waals surface area contributed by atoms with Gasteiger partial charge in [-0.2, -0.15) is 0 Å². The van der Waals surface area contributed by atoms with E-state index >= 15 is 0 Å². The first-order chi connectivity index (χ1) is 8.45. The number of nitrogens with one attached hydrogen (secondary N) is 1. The summed E-state index contributed by atoms with van der Waals surface area (Å²) in [6.07, 6.45) is 0. The molecule has 0 unspecified atom stereocenters. The molecule has 0 atom stereocenters. The SMILES string of the molecule is Cc1nc(C(=O)NC(C)(C)C(=O)O)oc1C(C)(C)C. The zero-order valence-electron chi connectivity index (χ0n) is 12.1. The second-order valence-electron chi connectivity index (χ2n) is 6.07. The summed E-state index contributed by atoms with van der Waals surface area (Å²) in [7, 11) is 0. The minimum Gasteiger partial charge on any atom is -0.480 e. The van der Waals surface area contributed by atoms with Crippen molar-refractivity contribution in [2.24, 2.45) is 0 Å². The molecule has 106 valence electrons. The van der Waals surface area contributed by atoms with Crippen LogP contribution in [0, 0.1) is 6.92 Å². The summed E-state index contributed by atoms with van der Waals surface area (Å²) in [5, 5.41) is 11.3. The van der Waals surface area contributed by atoms with Gasteiger partial charge < -0.3 is 14.8 Å². The average Bonchev–Trinajstić information content (AvgIpc) is 2.58. The summed E-state index contributed by atoms with van der Waals surface area (Å²) in [6.45, 7) is 10.4. The van der Waals surface area contributed by atoms with E-state index in [9.17, 15) is 9.59 Å². The van der Waals surface area contributed by atoms with Crippen LogP contribution in [0.15, 0.2) is 4.42 Å². The molecule has 1 amide bonds. The maximum Gasteiger partial charge on any atom is 0.328 e. The molecule has 1 aromatic heterocycles. The third-order valence-corrected chi connectivity index (χ3v) is 2.63. The van der Waals surface area contributed by atoms with Crippen molar-refractivity contribution in [1.29, 1.82) is 0 Å². The minimum atomic E-state index is -1.37. The van der Waals surface area contributed by atoms with Gasteiger partial charge in [-0.1, -0.05) is 20.8 Å². The largest absolute Gasteiger partial charge is 0.480 e. The van der Waals surface area contributed by atoms with E-state index in [-0.39, 0.29) is 11.3 Å². The van der Waals surface area contributed by atoms with E-state index in [1.165, 1.54) is 13.8 Å². The number of rotatable bonds is 3. The molecule has 0 radical (unpaired) electrons. The van der Waals surface area contributed by atoms with Crippen molar-refractivity contribution in [1.82, 2.24) is 10.3 Å². The number of carboxylic acids is 1. The van der Waals surface area contributed by atoms with Crippen LogP contribution in [-0.2, 0) is 10.2 Å². The summed E-state index contributed by atoms with van der Waals surface area (Å²) < 4.78 is 5.45. The highest BCUT2D eigenvalue weighted by Gasteiger charge is 2.32. The Bertz CT molecular complexity index is 509. The van der Waals surface area contributed by atoms with E-state index in [1.807, 2.05) is 20.8 Å². The molecule has 1 rings (SSSR count). The fourth-order valence-electron chi connectivity index (χ4n) is 1.58. The van der Waals surface area contributed by atoms with Crippen molar-refractivity contribution in [3.63, 3.8) is 0 Å². The van der Waals surface area contributed by atoms with Gasteiger partial charge in [-0.3, -0.25) is 4.79 Å². The Hall–Kier alpha value is -1.85. The van der Waals surface area contributed by atoms with Crippen LogP contribution in [0.5, 0.6) is 0 Å². The van der Waals surface area contributed by atoms with Gasteiger partial charge >= 0.3 is 11.9 Å². The predicted molar refractivity (Wildman–Crippen MR) is 69.1 cm³/mol. The van der Waals surface area contributed by atoms with Crippen LogP contribution in [-0.4, -0.2) is 27.5 Å². The molecule has 0 saturated heterocycles. The minimum absolute atomic E-state index is 0.114. The van der Waals surface area contributed by atoms with Crippen molar-refractivity contribution in [3.8, 4) is 0 Å². The summed E-state index contributed by atoms with van der Waals surface area (Å²) in [4.78, 5) is 26.9. The lowest BCUT2D eigenvalue weighted by atomic mass is 9.92. The van der Waals surface area contributed by atoms with Gasteiger partial charge in [0.15, 0.2) is 0 Å². The normalized spacial score (nSPS) is 12.3. The molecule has 6 heteroatoms. The van der Waals surface area contributed by atoms with E-state index in [4.69, 9.17) is 9.52 Å². The monoisotopic (exact) mass is 268 g/mol. The molecule has 0 aliphatic rings. The van der Waals surface area contributed by atoms with Gasteiger partial charge in [-0.15, -0.1) is 0 Å². The van der Waals surface area contributed by atoms with Crippen LogP contribution in [0.2, 0.25) is 0 Å². The number of carbonyl (C=O) groups is 2. The molecule has 0 aromatic carbocycles. The van der Waals surface area contributed by atoms with E-state index in [0.717, 1.165) is 0 Å². The molecule has 1 heterocycles. The van der Waals surface area contributed by atoms with E-state index in [0.29, 0.717) is 11.5 Å². The molecule has 2 N–H and O–H groups in total. The van der Waals surface area contributed by atoms with Gasteiger partial charge in [0.25, 0.3) is 5.89 Å². The number of aryl methyl sites for hydroxylation is 1. The molecule has 19 heavy (non-hydrogen) atoms. The highest BCUT2D eigenvalue weighted by atomic mass is 16.4. The van der Waals surface area contributed by atoms with Crippen LogP contribution in [0.1, 0.15) is 56.8 Å². The van der Waals surface area contributed by atoms with Gasteiger partial charge in [0.1, 0.15) is 11.3 Å². The molecule has 6 nitrogen and oxygen atoms in total. The lowest BCUT2D eigenvalue weighted by molar-refractivity contribution is -0.143. The summed E-state index contributed by atoms with van der Waals surface area (Å²) >= 11 is 0. The Kier molecular flexibility index (Phi) is 3.74. The van der Waals surface area contributed by atoms with Crippen molar-refractivity contribution in [2.45, 2.75) is 52.5 Å². The molecular formula is C13H20N2O4. The first-order valence-electron chi connectivity index (χ1n) is 5.99. The van der Waals surface area contributed by atoms with Crippen LogP contribution in [0.4, 0.5) is 0 Å². The summed E-state index contributed by atoms with van der Waals surface area (Å²) in [6, 6.07) is 0. The Morgan fingerprint density at radius 2 is 1.74 bits per heavy atom. The molecule has 0 bridgehead atoms. The highest BCUT2D eigenvalue weighted by molar-refractivity contribution is 5.94. The third kappa shape index (κ3) is 3.33. The Morgan fingerprint density at radius 1 is 1.21 bits per heavy atom. The average molecular weight is 268 g/mol. The first-order valence-corrected chi connectivity index (χ1v) is 5.99. The quantitative estimate of drug-likeness (QED) is 0.873. The Balaban J connectivity index is 3.00. The number of oxazole rings is 1. The van der Waals surface area contributed by atoms with Gasteiger partial charge in [-0.25, -0.2) is 9.78 Å². The Labute approximate surface area is 112 Å². The highest BCUT2D eigenvalue weighted by Crippen LogP contribution is 2.26. The number of hydrogen-bond acceptors (Lipinski definition) is 4. The fourth-order valence-corrected chi connectivity index (χ4v) is 1.58. The molecule has 0 spiro atoms. The number of carboxylic acid groups (broad SMARTS) is 1. The zero-order chi connectivity index (χ0) is 15.0. The van der Waals surface area contributed by atoms with Crippen molar-refractivity contribution >= 4 is 11.9 Å². The number of hydrogen-bond donors (Lipinski definition) is 2. The molecule has 0 fully saturated rings. The van der Waals surface area contributed by atoms with Crippen molar-refractivity contribution in [3.05, 3.63) is 17.3 Å². The number of aromatic nitrogens is 1. The van der Waals surface area contributed by atoms with Crippen LogP contribution < -0.4 is 5.32 Å². The van der Waals surface area contributed by atoms with E-state index in [1.54, 1.807) is 6.92 Å². The molecule has 1 aromatic rings. The number of nitrogens with zero attached hydrogens (tertiary/aromatic N) is 1. The maximum atomic E-state index is 11.9. The maximum absolute atomic E-state index is 11.9. The van der Waals surface area contributed by atoms with Gasteiger partial charge in [-0.05, 0) is 20.8 Å². The topological polar surface area (TPSA) is 92.4 Å². The summed E-state index contributed by atoms with van der Waals surface area (Å²) in [5.41, 5.74) is -1.01. The van der Waals surface area contributed by atoms with Crippen LogP contribution in [0.3, 0.4) is 0 Å². The standard InChI is InChI=1S/C13H20N2O4/c1-7-8(12(2,3)4)19-10(14-7)9(16)15-13(5,6)11(17)18/h1-6H3,(H,15,16)(H,17,18). The smallest absolute Gasteiger partial charge is 0.328 e. The molecule has 0 saturated carbocycles.